The number of carbonyl (C=O) groups excluding carboxylic acids is 3. The molecular formula is C16H19O8P. The molecule has 0 radical (unpaired) electrons. The fourth-order valence-corrected chi connectivity index (χ4v) is 4.93. The van der Waals surface area contributed by atoms with Gasteiger partial charge in [0.1, 0.15) is 0 Å². The molecule has 1 aliphatic heterocycles. The number of hydrogen-bond donors (Lipinski definition) is 0. The Morgan fingerprint density at radius 2 is 1.60 bits per heavy atom. The Bertz CT molecular complexity index is 701. The quantitative estimate of drug-likeness (QED) is 0.440. The van der Waals surface area contributed by atoms with Crippen molar-refractivity contribution >= 4 is 25.3 Å². The molecule has 2 rings (SSSR count). The molecule has 0 aliphatic carbocycles. The molecule has 136 valence electrons. The van der Waals surface area contributed by atoms with Crippen LogP contribution in [-0.4, -0.2) is 49.2 Å². The van der Waals surface area contributed by atoms with Crippen molar-refractivity contribution in [3.8, 4) is 0 Å². The van der Waals surface area contributed by atoms with E-state index in [1.807, 2.05) is 0 Å². The highest BCUT2D eigenvalue weighted by atomic mass is 31.2. The van der Waals surface area contributed by atoms with Crippen LogP contribution < -0.4 is 0 Å². The summed E-state index contributed by atoms with van der Waals surface area (Å²) in [4.78, 5) is 35.0. The molecule has 0 spiro atoms. The summed E-state index contributed by atoms with van der Waals surface area (Å²) in [7, 11) is -2.33. The van der Waals surface area contributed by atoms with Crippen molar-refractivity contribution in [2.75, 3.05) is 13.3 Å². The number of benzene rings is 1. The zero-order valence-corrected chi connectivity index (χ0v) is 14.9. The lowest BCUT2D eigenvalue weighted by atomic mass is 10.2. The van der Waals surface area contributed by atoms with Gasteiger partial charge in [-0.25, -0.2) is 4.79 Å². The Hall–Kier alpha value is -2.18. The van der Waals surface area contributed by atoms with Crippen LogP contribution in [0, 0.1) is 0 Å². The number of ether oxygens (including phenoxy) is 3. The van der Waals surface area contributed by atoms with E-state index in [4.69, 9.17) is 18.7 Å². The van der Waals surface area contributed by atoms with Crippen molar-refractivity contribution in [2.24, 2.45) is 0 Å². The van der Waals surface area contributed by atoms with Gasteiger partial charge in [-0.15, -0.1) is 0 Å². The first-order valence-electron chi connectivity index (χ1n) is 7.52. The Morgan fingerprint density at radius 3 is 2.12 bits per heavy atom. The Kier molecular flexibility index (Phi) is 5.98. The van der Waals surface area contributed by atoms with E-state index in [9.17, 15) is 18.9 Å². The summed E-state index contributed by atoms with van der Waals surface area (Å²) in [5.41, 5.74) is 0.285. The molecule has 0 amide bonds. The number of hydrogen-bond acceptors (Lipinski definition) is 8. The van der Waals surface area contributed by atoms with Gasteiger partial charge in [-0.2, -0.15) is 0 Å². The summed E-state index contributed by atoms with van der Waals surface area (Å²) in [5, 5.41) is 0. The largest absolute Gasteiger partial charge is 0.454 e. The molecule has 1 aliphatic rings. The average Bonchev–Trinajstić information content (AvgIpc) is 2.80. The van der Waals surface area contributed by atoms with Crippen LogP contribution in [0.2, 0.25) is 0 Å². The minimum Gasteiger partial charge on any atom is -0.454 e. The molecule has 0 N–H and O–H groups in total. The maximum atomic E-state index is 12.9. The van der Waals surface area contributed by atoms with Crippen LogP contribution in [0.1, 0.15) is 24.2 Å². The van der Waals surface area contributed by atoms with Crippen LogP contribution in [0.5, 0.6) is 0 Å². The van der Waals surface area contributed by atoms with Crippen LogP contribution >= 0.6 is 7.37 Å². The van der Waals surface area contributed by atoms with E-state index in [-0.39, 0.29) is 11.7 Å². The monoisotopic (exact) mass is 370 g/mol. The van der Waals surface area contributed by atoms with E-state index in [0.717, 1.165) is 13.8 Å². The second-order valence-corrected chi connectivity index (χ2v) is 8.17. The molecule has 9 heteroatoms. The van der Waals surface area contributed by atoms with E-state index in [0.29, 0.717) is 0 Å². The van der Waals surface area contributed by atoms with E-state index >= 15 is 0 Å². The number of carbonyl (C=O) groups is 3. The predicted molar refractivity (Wildman–Crippen MR) is 86.2 cm³/mol. The molecule has 1 aromatic rings. The van der Waals surface area contributed by atoms with E-state index < -0.39 is 43.3 Å². The zero-order valence-electron chi connectivity index (χ0n) is 14.0. The summed E-state index contributed by atoms with van der Waals surface area (Å²) in [6.07, 6.45) is -2.50. The van der Waals surface area contributed by atoms with Crippen LogP contribution in [0.4, 0.5) is 0 Å². The van der Waals surface area contributed by atoms with Crippen LogP contribution in [-0.2, 0) is 32.9 Å². The highest BCUT2D eigenvalue weighted by molar-refractivity contribution is 7.60. The maximum Gasteiger partial charge on any atom is 0.338 e. The van der Waals surface area contributed by atoms with Gasteiger partial charge in [0.25, 0.3) is 0 Å². The van der Waals surface area contributed by atoms with Crippen LogP contribution in [0.3, 0.4) is 0 Å². The normalized spacial score (nSPS) is 28.2. The first-order valence-corrected chi connectivity index (χ1v) is 9.39. The minimum atomic E-state index is -3.53. The summed E-state index contributed by atoms with van der Waals surface area (Å²) < 4.78 is 33.5. The standard InChI is InChI=1S/C16H19O8P/c1-10(17)22-14-13(24-15(19)12-7-5-4-6-8-12)9-25(20,21-3)16(14)23-11(2)18/h4-8,13-14,16H,9H2,1-3H3/t13-,14-,16+,25+/m1/s1. The third kappa shape index (κ3) is 4.46. The van der Waals surface area contributed by atoms with Crippen molar-refractivity contribution in [2.45, 2.75) is 31.9 Å². The second kappa shape index (κ2) is 7.80. The first kappa shape index (κ1) is 19.1. The average molecular weight is 370 g/mol. The molecule has 0 aromatic heterocycles. The minimum absolute atomic E-state index is 0.224. The molecule has 0 saturated carbocycles. The topological polar surface area (TPSA) is 105 Å². The summed E-state index contributed by atoms with van der Waals surface area (Å²) in [5.74, 6) is -3.40. The molecule has 4 atom stereocenters. The molecule has 0 bridgehead atoms. The molecule has 25 heavy (non-hydrogen) atoms. The van der Waals surface area contributed by atoms with Crippen molar-refractivity contribution in [3.05, 3.63) is 35.9 Å². The lowest BCUT2D eigenvalue weighted by Gasteiger charge is -2.24. The number of rotatable bonds is 5. The molecule has 8 nitrogen and oxygen atoms in total. The highest BCUT2D eigenvalue weighted by Gasteiger charge is 2.57. The van der Waals surface area contributed by atoms with Crippen LogP contribution in [0.15, 0.2) is 30.3 Å². The first-order chi connectivity index (χ1) is 11.8. The van der Waals surface area contributed by atoms with Crippen molar-refractivity contribution in [1.29, 1.82) is 0 Å². The van der Waals surface area contributed by atoms with Gasteiger partial charge < -0.3 is 18.7 Å². The summed E-state index contributed by atoms with van der Waals surface area (Å²) in [6, 6.07) is 8.17. The smallest absolute Gasteiger partial charge is 0.338 e. The predicted octanol–water partition coefficient (Wildman–Crippen LogP) is 1.97. The highest BCUT2D eigenvalue weighted by Crippen LogP contribution is 2.60. The summed E-state index contributed by atoms with van der Waals surface area (Å²) in [6.45, 7) is 2.28. The van der Waals surface area contributed by atoms with Gasteiger partial charge in [0.15, 0.2) is 12.2 Å². The molecular weight excluding hydrogens is 351 g/mol. The van der Waals surface area contributed by atoms with Crippen molar-refractivity contribution < 1.29 is 37.7 Å². The van der Waals surface area contributed by atoms with Crippen molar-refractivity contribution in [3.63, 3.8) is 0 Å². The molecule has 0 unspecified atom stereocenters. The lowest BCUT2D eigenvalue weighted by molar-refractivity contribution is -0.164. The maximum absolute atomic E-state index is 12.9. The second-order valence-electron chi connectivity index (χ2n) is 5.48. The fourth-order valence-electron chi connectivity index (χ4n) is 2.57. The van der Waals surface area contributed by atoms with Crippen molar-refractivity contribution in [1.82, 2.24) is 0 Å². The zero-order chi connectivity index (χ0) is 18.6. The van der Waals surface area contributed by atoms with Gasteiger partial charge in [-0.05, 0) is 12.1 Å². The lowest BCUT2D eigenvalue weighted by Crippen LogP contribution is -2.39. The van der Waals surface area contributed by atoms with Gasteiger partial charge in [0.2, 0.25) is 13.2 Å². The molecule has 1 aromatic carbocycles. The molecule has 1 saturated heterocycles. The van der Waals surface area contributed by atoms with E-state index in [2.05, 4.69) is 0 Å². The van der Waals surface area contributed by atoms with Gasteiger partial charge >= 0.3 is 17.9 Å². The Labute approximate surface area is 144 Å². The van der Waals surface area contributed by atoms with E-state index in [1.165, 1.54) is 7.11 Å². The third-order valence-corrected chi connectivity index (χ3v) is 6.30. The fraction of sp³-hybridized carbons (Fsp3) is 0.438. The van der Waals surface area contributed by atoms with Gasteiger partial charge in [-0.3, -0.25) is 14.2 Å². The van der Waals surface area contributed by atoms with Gasteiger partial charge in [0, 0.05) is 21.0 Å². The molecule has 1 heterocycles. The van der Waals surface area contributed by atoms with Gasteiger partial charge in [0.05, 0.1) is 11.7 Å². The third-order valence-electron chi connectivity index (χ3n) is 3.64. The summed E-state index contributed by atoms with van der Waals surface area (Å²) >= 11 is 0. The van der Waals surface area contributed by atoms with Crippen LogP contribution in [0.25, 0.3) is 0 Å². The Balaban J connectivity index is 2.28. The molecule has 1 fully saturated rings. The SMILES string of the molecule is CO[P@@]1(=O)C[C@@H](OC(=O)c2ccccc2)[C@@H](OC(C)=O)[C@H]1OC(C)=O. The van der Waals surface area contributed by atoms with Gasteiger partial charge in [-0.1, -0.05) is 18.2 Å². The number of esters is 3. The van der Waals surface area contributed by atoms with E-state index in [1.54, 1.807) is 30.3 Å². The Morgan fingerprint density at radius 1 is 1.00 bits per heavy atom.